The number of benzene rings is 1. The van der Waals surface area contributed by atoms with Crippen LogP contribution in [0.15, 0.2) is 24.4 Å². The summed E-state index contributed by atoms with van der Waals surface area (Å²) in [6.07, 6.45) is 6.22. The van der Waals surface area contributed by atoms with E-state index in [-0.39, 0.29) is 11.9 Å². The van der Waals surface area contributed by atoms with Crippen LogP contribution in [0.4, 0.5) is 0 Å². The quantitative estimate of drug-likeness (QED) is 0.795. The second-order valence-electron chi connectivity index (χ2n) is 8.14. The number of fused-ring (bicyclic) bond motifs is 1. The van der Waals surface area contributed by atoms with Gasteiger partial charge in [-0.15, -0.1) is 0 Å². The largest absolute Gasteiger partial charge is 0.496 e. The summed E-state index contributed by atoms with van der Waals surface area (Å²) in [7, 11) is 1.75. The SMILES string of the molecule is COc1c(C)cccc1CN1CCCC[C@H]1c1ncc2c(n1)CCN(C(C)=O)C2. The monoisotopic (exact) mass is 394 g/mol. The van der Waals surface area contributed by atoms with Crippen molar-refractivity contribution in [1.29, 1.82) is 0 Å². The molecule has 1 fully saturated rings. The minimum Gasteiger partial charge on any atom is -0.496 e. The predicted octanol–water partition coefficient (Wildman–Crippen LogP) is 3.43. The van der Waals surface area contributed by atoms with E-state index in [4.69, 9.17) is 14.7 Å². The van der Waals surface area contributed by atoms with Crippen molar-refractivity contribution in [2.75, 3.05) is 20.2 Å². The van der Waals surface area contributed by atoms with Crippen molar-refractivity contribution in [2.24, 2.45) is 0 Å². The van der Waals surface area contributed by atoms with E-state index in [1.807, 2.05) is 11.1 Å². The van der Waals surface area contributed by atoms with Gasteiger partial charge in [-0.1, -0.05) is 24.6 Å². The van der Waals surface area contributed by atoms with Crippen LogP contribution in [-0.4, -0.2) is 45.9 Å². The van der Waals surface area contributed by atoms with E-state index in [0.29, 0.717) is 6.54 Å². The molecular weight excluding hydrogens is 364 g/mol. The molecule has 0 spiro atoms. The highest BCUT2D eigenvalue weighted by Gasteiger charge is 2.29. The second kappa shape index (κ2) is 8.49. The summed E-state index contributed by atoms with van der Waals surface area (Å²) >= 11 is 0. The molecule has 6 heteroatoms. The third kappa shape index (κ3) is 4.13. The molecular formula is C23H30N4O2. The number of amides is 1. The zero-order valence-corrected chi connectivity index (χ0v) is 17.6. The van der Waals surface area contributed by atoms with Crippen LogP contribution < -0.4 is 4.74 Å². The Bertz CT molecular complexity index is 898. The lowest BCUT2D eigenvalue weighted by molar-refractivity contribution is -0.129. The zero-order valence-electron chi connectivity index (χ0n) is 17.6. The van der Waals surface area contributed by atoms with Crippen molar-refractivity contribution in [3.63, 3.8) is 0 Å². The maximum absolute atomic E-state index is 11.7. The molecule has 1 saturated heterocycles. The van der Waals surface area contributed by atoms with Gasteiger partial charge in [0.1, 0.15) is 11.6 Å². The minimum absolute atomic E-state index is 0.116. The smallest absolute Gasteiger partial charge is 0.219 e. The van der Waals surface area contributed by atoms with Gasteiger partial charge >= 0.3 is 0 Å². The Morgan fingerprint density at radius 2 is 2.14 bits per heavy atom. The van der Waals surface area contributed by atoms with Crippen molar-refractivity contribution in [2.45, 2.75) is 58.7 Å². The first kappa shape index (κ1) is 19.8. The number of methoxy groups -OCH3 is 1. The lowest BCUT2D eigenvalue weighted by Crippen LogP contribution is -2.37. The van der Waals surface area contributed by atoms with Gasteiger partial charge in [0.15, 0.2) is 0 Å². The maximum atomic E-state index is 11.7. The standard InChI is InChI=1S/C23H30N4O2/c1-16-7-6-8-18(22(16)29-3)14-27-11-5-4-9-21(27)23-24-13-19-15-26(17(2)28)12-10-20(19)25-23/h6-8,13,21H,4-5,9-12,14-15H2,1-3H3/t21-/m0/s1. The van der Waals surface area contributed by atoms with E-state index >= 15 is 0 Å². The molecule has 0 unspecified atom stereocenters. The minimum atomic E-state index is 0.116. The number of para-hydroxylation sites is 1. The molecule has 6 nitrogen and oxygen atoms in total. The van der Waals surface area contributed by atoms with Crippen LogP contribution in [0.5, 0.6) is 5.75 Å². The van der Waals surface area contributed by atoms with Gasteiger partial charge in [0.05, 0.1) is 18.8 Å². The van der Waals surface area contributed by atoms with Crippen molar-refractivity contribution < 1.29 is 9.53 Å². The number of carbonyl (C=O) groups excluding carboxylic acids is 1. The highest BCUT2D eigenvalue weighted by molar-refractivity contribution is 5.73. The van der Waals surface area contributed by atoms with Crippen LogP contribution in [0.1, 0.15) is 60.4 Å². The van der Waals surface area contributed by atoms with Crippen LogP contribution in [0.25, 0.3) is 0 Å². The van der Waals surface area contributed by atoms with E-state index in [9.17, 15) is 4.79 Å². The molecule has 4 rings (SSSR count). The van der Waals surface area contributed by atoms with Crippen molar-refractivity contribution >= 4 is 5.91 Å². The van der Waals surface area contributed by atoms with Crippen molar-refractivity contribution in [3.8, 4) is 5.75 Å². The molecule has 154 valence electrons. The third-order valence-electron chi connectivity index (χ3n) is 6.18. The Labute approximate surface area is 172 Å². The fraction of sp³-hybridized carbons (Fsp3) is 0.522. The molecule has 2 aromatic rings. The molecule has 2 aliphatic rings. The van der Waals surface area contributed by atoms with Gasteiger partial charge in [-0.05, 0) is 31.9 Å². The van der Waals surface area contributed by atoms with Crippen LogP contribution >= 0.6 is 0 Å². The van der Waals surface area contributed by atoms with E-state index in [1.54, 1.807) is 14.0 Å². The number of carbonyl (C=O) groups is 1. The first-order valence-corrected chi connectivity index (χ1v) is 10.5. The van der Waals surface area contributed by atoms with Crippen LogP contribution in [0.3, 0.4) is 0 Å². The fourth-order valence-electron chi connectivity index (χ4n) is 4.58. The van der Waals surface area contributed by atoms with Gasteiger partial charge in [0.2, 0.25) is 5.91 Å². The summed E-state index contributed by atoms with van der Waals surface area (Å²) in [5, 5.41) is 0. The van der Waals surface area contributed by atoms with Gasteiger partial charge in [0, 0.05) is 50.3 Å². The zero-order chi connectivity index (χ0) is 20.4. The van der Waals surface area contributed by atoms with Gasteiger partial charge < -0.3 is 9.64 Å². The normalized spacial score (nSPS) is 19.7. The highest BCUT2D eigenvalue weighted by Crippen LogP contribution is 2.33. The third-order valence-corrected chi connectivity index (χ3v) is 6.18. The van der Waals surface area contributed by atoms with Gasteiger partial charge in [-0.25, -0.2) is 9.97 Å². The topological polar surface area (TPSA) is 58.6 Å². The van der Waals surface area contributed by atoms with Crippen LogP contribution in [0, 0.1) is 6.92 Å². The van der Waals surface area contributed by atoms with E-state index < -0.39 is 0 Å². The van der Waals surface area contributed by atoms with Crippen molar-refractivity contribution in [3.05, 3.63) is 52.6 Å². The number of likely N-dealkylation sites (tertiary alicyclic amines) is 1. The summed E-state index contributed by atoms with van der Waals surface area (Å²) < 4.78 is 5.67. The van der Waals surface area contributed by atoms with Gasteiger partial charge in [-0.3, -0.25) is 9.69 Å². The molecule has 0 bridgehead atoms. The average Bonchev–Trinajstić information content (AvgIpc) is 2.73. The highest BCUT2D eigenvalue weighted by atomic mass is 16.5. The molecule has 3 heterocycles. The Hall–Kier alpha value is -2.47. The molecule has 2 aliphatic heterocycles. The molecule has 1 amide bonds. The predicted molar refractivity (Wildman–Crippen MR) is 112 cm³/mol. The first-order valence-electron chi connectivity index (χ1n) is 10.5. The molecule has 29 heavy (non-hydrogen) atoms. The molecule has 0 N–H and O–H groups in total. The Balaban J connectivity index is 1.57. The number of aryl methyl sites for hydroxylation is 1. The molecule has 1 aromatic carbocycles. The lowest BCUT2D eigenvalue weighted by Gasteiger charge is -2.36. The summed E-state index contributed by atoms with van der Waals surface area (Å²) in [5.41, 5.74) is 4.57. The van der Waals surface area contributed by atoms with E-state index in [1.165, 1.54) is 24.0 Å². The number of aromatic nitrogens is 2. The summed E-state index contributed by atoms with van der Waals surface area (Å²) in [6.45, 7) is 6.97. The summed E-state index contributed by atoms with van der Waals surface area (Å²) in [5.74, 6) is 2.02. The van der Waals surface area contributed by atoms with Crippen LogP contribution in [-0.2, 0) is 24.3 Å². The van der Waals surface area contributed by atoms with Gasteiger partial charge in [0.25, 0.3) is 0 Å². The van der Waals surface area contributed by atoms with Crippen molar-refractivity contribution in [1.82, 2.24) is 19.8 Å². The molecule has 0 aliphatic carbocycles. The Kier molecular flexibility index (Phi) is 5.81. The lowest BCUT2D eigenvalue weighted by atomic mass is 9.99. The number of piperidine rings is 1. The number of hydrogen-bond acceptors (Lipinski definition) is 5. The first-order chi connectivity index (χ1) is 14.1. The number of nitrogens with zero attached hydrogens (tertiary/aromatic N) is 4. The Morgan fingerprint density at radius 1 is 1.28 bits per heavy atom. The maximum Gasteiger partial charge on any atom is 0.219 e. The second-order valence-corrected chi connectivity index (χ2v) is 8.14. The summed E-state index contributed by atoms with van der Waals surface area (Å²) in [4.78, 5) is 25.7. The molecule has 0 saturated carbocycles. The molecule has 0 radical (unpaired) electrons. The number of ether oxygens (including phenoxy) is 1. The molecule has 1 atom stereocenters. The average molecular weight is 395 g/mol. The van der Waals surface area contributed by atoms with Gasteiger partial charge in [-0.2, -0.15) is 0 Å². The Morgan fingerprint density at radius 3 is 2.93 bits per heavy atom. The van der Waals surface area contributed by atoms with E-state index in [0.717, 1.165) is 55.3 Å². The van der Waals surface area contributed by atoms with Crippen LogP contribution in [0.2, 0.25) is 0 Å². The summed E-state index contributed by atoms with van der Waals surface area (Å²) in [6, 6.07) is 6.57. The number of hydrogen-bond donors (Lipinski definition) is 0. The van der Waals surface area contributed by atoms with E-state index in [2.05, 4.69) is 30.0 Å². The number of rotatable bonds is 4. The fourth-order valence-corrected chi connectivity index (χ4v) is 4.58. The molecule has 1 aromatic heterocycles.